The molecule has 0 bridgehead atoms. The summed E-state index contributed by atoms with van der Waals surface area (Å²) in [6.45, 7) is 3.70. The van der Waals surface area contributed by atoms with Crippen molar-refractivity contribution < 1.29 is 4.79 Å². The summed E-state index contributed by atoms with van der Waals surface area (Å²) >= 11 is 1.90. The van der Waals surface area contributed by atoms with Gasteiger partial charge in [-0.3, -0.25) is 9.89 Å². The molecule has 19 heavy (non-hydrogen) atoms. The van der Waals surface area contributed by atoms with Gasteiger partial charge in [0.25, 0.3) is 5.91 Å². The molecular weight excluding hydrogens is 260 g/mol. The normalized spacial score (nSPS) is 19.8. The highest BCUT2D eigenvalue weighted by Crippen LogP contribution is 2.23. The molecule has 1 atom stereocenters. The molecule has 6 heteroatoms. The SMILES string of the molecule is CC1CN(C(=O)c2n[nH]c3ccc(N)cc23)CCS1. The molecule has 0 spiro atoms. The Morgan fingerprint density at radius 1 is 1.58 bits per heavy atom. The van der Waals surface area contributed by atoms with Gasteiger partial charge < -0.3 is 10.6 Å². The number of hydrogen-bond acceptors (Lipinski definition) is 4. The third kappa shape index (κ3) is 2.28. The molecule has 2 heterocycles. The number of carbonyl (C=O) groups excluding carboxylic acids is 1. The number of fused-ring (bicyclic) bond motifs is 1. The molecule has 2 aromatic rings. The molecule has 1 saturated heterocycles. The molecule has 100 valence electrons. The summed E-state index contributed by atoms with van der Waals surface area (Å²) in [5, 5.41) is 8.33. The van der Waals surface area contributed by atoms with Crippen LogP contribution in [0.4, 0.5) is 5.69 Å². The van der Waals surface area contributed by atoms with Crippen molar-refractivity contribution in [2.24, 2.45) is 0 Å². The van der Waals surface area contributed by atoms with Crippen LogP contribution in [0.3, 0.4) is 0 Å². The van der Waals surface area contributed by atoms with Crippen molar-refractivity contribution in [1.29, 1.82) is 0 Å². The molecule has 3 N–H and O–H groups in total. The minimum Gasteiger partial charge on any atom is -0.399 e. The molecular formula is C13H16N4OS. The number of anilines is 1. The van der Waals surface area contributed by atoms with E-state index < -0.39 is 0 Å². The van der Waals surface area contributed by atoms with Gasteiger partial charge in [0.1, 0.15) is 0 Å². The Labute approximate surface area is 115 Å². The van der Waals surface area contributed by atoms with Crippen LogP contribution >= 0.6 is 11.8 Å². The van der Waals surface area contributed by atoms with Gasteiger partial charge >= 0.3 is 0 Å². The lowest BCUT2D eigenvalue weighted by molar-refractivity contribution is 0.0759. The average molecular weight is 276 g/mol. The second-order valence-electron chi connectivity index (χ2n) is 4.81. The number of aromatic amines is 1. The molecule has 1 amide bonds. The van der Waals surface area contributed by atoms with Crippen LogP contribution in [0, 0.1) is 0 Å². The van der Waals surface area contributed by atoms with Crippen molar-refractivity contribution in [2.45, 2.75) is 12.2 Å². The molecule has 1 fully saturated rings. The third-order valence-corrected chi connectivity index (χ3v) is 4.45. The number of thioether (sulfide) groups is 1. The van der Waals surface area contributed by atoms with Crippen LogP contribution in [0.15, 0.2) is 18.2 Å². The molecule has 5 nitrogen and oxygen atoms in total. The molecule has 0 aliphatic carbocycles. The fourth-order valence-electron chi connectivity index (χ4n) is 2.35. The zero-order valence-corrected chi connectivity index (χ0v) is 11.5. The van der Waals surface area contributed by atoms with E-state index in [4.69, 9.17) is 5.73 Å². The molecule has 0 radical (unpaired) electrons. The fraction of sp³-hybridized carbons (Fsp3) is 0.385. The number of nitrogens with zero attached hydrogens (tertiary/aromatic N) is 2. The van der Waals surface area contributed by atoms with E-state index in [0.29, 0.717) is 16.6 Å². The summed E-state index contributed by atoms with van der Waals surface area (Å²) in [6, 6.07) is 5.45. The standard InChI is InChI=1S/C13H16N4OS/c1-8-7-17(4-5-19-8)13(18)12-10-6-9(14)2-3-11(10)15-16-12/h2-3,6,8H,4-5,7,14H2,1H3,(H,15,16). The number of rotatable bonds is 1. The van der Waals surface area contributed by atoms with Crippen LogP contribution in [-0.2, 0) is 0 Å². The van der Waals surface area contributed by atoms with Crippen molar-refractivity contribution in [3.63, 3.8) is 0 Å². The average Bonchev–Trinajstić information content (AvgIpc) is 2.80. The van der Waals surface area contributed by atoms with Gasteiger partial charge in [-0.15, -0.1) is 0 Å². The summed E-state index contributed by atoms with van der Waals surface area (Å²) in [5.41, 5.74) is 7.74. The van der Waals surface area contributed by atoms with Crippen molar-refractivity contribution in [3.8, 4) is 0 Å². The van der Waals surface area contributed by atoms with Crippen LogP contribution in [0.2, 0.25) is 0 Å². The topological polar surface area (TPSA) is 75.0 Å². The van der Waals surface area contributed by atoms with Crippen molar-refractivity contribution in [3.05, 3.63) is 23.9 Å². The molecule has 1 aromatic carbocycles. The van der Waals surface area contributed by atoms with E-state index in [9.17, 15) is 4.79 Å². The number of H-pyrrole nitrogens is 1. The highest BCUT2D eigenvalue weighted by Gasteiger charge is 2.25. The van der Waals surface area contributed by atoms with E-state index in [1.807, 2.05) is 22.7 Å². The van der Waals surface area contributed by atoms with E-state index >= 15 is 0 Å². The molecule has 1 unspecified atom stereocenters. The van der Waals surface area contributed by atoms with E-state index in [1.165, 1.54) is 0 Å². The van der Waals surface area contributed by atoms with Gasteiger partial charge in [0, 0.05) is 35.2 Å². The largest absolute Gasteiger partial charge is 0.399 e. The first kappa shape index (κ1) is 12.3. The first-order valence-electron chi connectivity index (χ1n) is 6.29. The van der Waals surface area contributed by atoms with Gasteiger partial charge in [0.15, 0.2) is 5.69 Å². The number of carbonyl (C=O) groups is 1. The van der Waals surface area contributed by atoms with Crippen LogP contribution in [0.25, 0.3) is 10.9 Å². The Hall–Kier alpha value is -1.69. The highest BCUT2D eigenvalue weighted by molar-refractivity contribution is 7.99. The maximum Gasteiger partial charge on any atom is 0.275 e. The quantitative estimate of drug-likeness (QED) is 0.778. The molecule has 3 rings (SSSR count). The second kappa shape index (κ2) is 4.77. The number of nitrogens with one attached hydrogen (secondary N) is 1. The monoisotopic (exact) mass is 276 g/mol. The van der Waals surface area contributed by atoms with Gasteiger partial charge in [-0.2, -0.15) is 16.9 Å². The van der Waals surface area contributed by atoms with Gasteiger partial charge in [0.05, 0.1) is 5.52 Å². The summed E-state index contributed by atoms with van der Waals surface area (Å²) in [6.07, 6.45) is 0. The number of aromatic nitrogens is 2. The summed E-state index contributed by atoms with van der Waals surface area (Å²) < 4.78 is 0. The van der Waals surface area contributed by atoms with Crippen molar-refractivity contribution in [1.82, 2.24) is 15.1 Å². The fourth-order valence-corrected chi connectivity index (χ4v) is 3.36. The molecule has 1 aromatic heterocycles. The molecule has 0 saturated carbocycles. The Kier molecular flexibility index (Phi) is 3.10. The third-order valence-electron chi connectivity index (χ3n) is 3.32. The Morgan fingerprint density at radius 3 is 3.21 bits per heavy atom. The van der Waals surface area contributed by atoms with E-state index in [2.05, 4.69) is 17.1 Å². The Balaban J connectivity index is 1.95. The lowest BCUT2D eigenvalue weighted by atomic mass is 10.1. The lowest BCUT2D eigenvalue weighted by Gasteiger charge is -2.30. The summed E-state index contributed by atoms with van der Waals surface area (Å²) in [7, 11) is 0. The Morgan fingerprint density at radius 2 is 2.42 bits per heavy atom. The highest BCUT2D eigenvalue weighted by atomic mass is 32.2. The van der Waals surface area contributed by atoms with E-state index in [0.717, 1.165) is 29.7 Å². The maximum absolute atomic E-state index is 12.5. The number of hydrogen-bond donors (Lipinski definition) is 2. The predicted octanol–water partition coefficient (Wildman–Crippen LogP) is 1.72. The van der Waals surface area contributed by atoms with Gasteiger partial charge in [-0.05, 0) is 18.2 Å². The van der Waals surface area contributed by atoms with Crippen molar-refractivity contribution >= 4 is 34.3 Å². The Bertz CT molecular complexity index is 624. The zero-order valence-electron chi connectivity index (χ0n) is 10.7. The molecule has 1 aliphatic rings. The minimum atomic E-state index is -0.0102. The van der Waals surface area contributed by atoms with E-state index in [1.54, 1.807) is 12.1 Å². The first-order chi connectivity index (χ1) is 9.15. The van der Waals surface area contributed by atoms with Gasteiger partial charge in [0.2, 0.25) is 0 Å². The summed E-state index contributed by atoms with van der Waals surface area (Å²) in [5.74, 6) is 0.973. The number of nitrogen functional groups attached to an aromatic ring is 1. The minimum absolute atomic E-state index is 0.0102. The summed E-state index contributed by atoms with van der Waals surface area (Å²) in [4.78, 5) is 14.4. The lowest BCUT2D eigenvalue weighted by Crippen LogP contribution is -2.41. The van der Waals surface area contributed by atoms with E-state index in [-0.39, 0.29) is 5.91 Å². The zero-order chi connectivity index (χ0) is 13.4. The van der Waals surface area contributed by atoms with Crippen molar-refractivity contribution in [2.75, 3.05) is 24.6 Å². The van der Waals surface area contributed by atoms with Crippen LogP contribution in [-0.4, -0.2) is 45.1 Å². The number of nitrogens with two attached hydrogens (primary N) is 1. The van der Waals surface area contributed by atoms with Gasteiger partial charge in [-0.1, -0.05) is 6.92 Å². The smallest absolute Gasteiger partial charge is 0.275 e. The number of benzene rings is 1. The second-order valence-corrected chi connectivity index (χ2v) is 6.36. The number of amides is 1. The molecule has 1 aliphatic heterocycles. The van der Waals surface area contributed by atoms with Crippen LogP contribution < -0.4 is 5.73 Å². The van der Waals surface area contributed by atoms with Crippen LogP contribution in [0.1, 0.15) is 17.4 Å². The van der Waals surface area contributed by atoms with Gasteiger partial charge in [-0.25, -0.2) is 0 Å². The first-order valence-corrected chi connectivity index (χ1v) is 7.34. The predicted molar refractivity (Wildman–Crippen MR) is 78.3 cm³/mol. The maximum atomic E-state index is 12.5. The van der Waals surface area contributed by atoms with Crippen LogP contribution in [0.5, 0.6) is 0 Å².